The predicted molar refractivity (Wildman–Crippen MR) is 85.1 cm³/mol. The average Bonchev–Trinajstić information content (AvgIpc) is 2.79. The van der Waals surface area contributed by atoms with Crippen LogP contribution in [-0.2, 0) is 0 Å². The van der Waals surface area contributed by atoms with Crippen LogP contribution < -0.4 is 5.73 Å². The first-order chi connectivity index (χ1) is 9.70. The number of fused-ring (bicyclic) bond motifs is 1. The van der Waals surface area contributed by atoms with Crippen LogP contribution in [0.3, 0.4) is 0 Å². The number of hydrogen-bond donors (Lipinski definition) is 2. The van der Waals surface area contributed by atoms with Gasteiger partial charge in [-0.15, -0.1) is 0 Å². The maximum Gasteiger partial charge on any atom is 0.0459 e. The molecule has 0 fully saturated rings. The van der Waals surface area contributed by atoms with Crippen LogP contribution in [0.25, 0.3) is 10.9 Å². The number of nitrogens with one attached hydrogen (secondary N) is 1. The molecule has 0 unspecified atom stereocenters. The van der Waals surface area contributed by atoms with Gasteiger partial charge in [-0.05, 0) is 31.0 Å². The molecule has 0 amide bonds. The predicted octanol–water partition coefficient (Wildman–Crippen LogP) is 3.88. The number of aromatic amines is 1. The van der Waals surface area contributed by atoms with Crippen LogP contribution >= 0.6 is 0 Å². The summed E-state index contributed by atoms with van der Waals surface area (Å²) >= 11 is 0. The summed E-state index contributed by atoms with van der Waals surface area (Å²) in [7, 11) is 0. The lowest BCUT2D eigenvalue weighted by molar-refractivity contribution is 0.817. The zero-order chi connectivity index (χ0) is 14.1. The van der Waals surface area contributed by atoms with Crippen molar-refractivity contribution in [3.05, 3.63) is 70.9 Å². The van der Waals surface area contributed by atoms with Crippen molar-refractivity contribution in [1.29, 1.82) is 0 Å². The number of benzene rings is 2. The SMILES string of the molecule is Cc1ccc([C@@H](CN)c2c(C)[nH]c3ccccc23)cc1. The van der Waals surface area contributed by atoms with Crippen LogP contribution in [0.5, 0.6) is 0 Å². The topological polar surface area (TPSA) is 41.8 Å². The fourth-order valence-corrected chi connectivity index (χ4v) is 2.97. The highest BCUT2D eigenvalue weighted by molar-refractivity contribution is 5.85. The van der Waals surface area contributed by atoms with E-state index in [9.17, 15) is 0 Å². The zero-order valence-electron chi connectivity index (χ0n) is 12.0. The highest BCUT2D eigenvalue weighted by Crippen LogP contribution is 2.33. The second-order valence-electron chi connectivity index (χ2n) is 5.41. The molecule has 0 saturated heterocycles. The number of aryl methyl sites for hydroxylation is 2. The summed E-state index contributed by atoms with van der Waals surface area (Å²) in [4.78, 5) is 3.47. The number of hydrogen-bond acceptors (Lipinski definition) is 1. The van der Waals surface area contributed by atoms with Gasteiger partial charge in [0.25, 0.3) is 0 Å². The fraction of sp³-hybridized carbons (Fsp3) is 0.222. The summed E-state index contributed by atoms with van der Waals surface area (Å²) in [5.41, 5.74) is 12.4. The van der Waals surface area contributed by atoms with Crippen LogP contribution in [-0.4, -0.2) is 11.5 Å². The molecule has 0 aliphatic heterocycles. The molecular weight excluding hydrogens is 244 g/mol. The fourth-order valence-electron chi connectivity index (χ4n) is 2.97. The summed E-state index contributed by atoms with van der Waals surface area (Å²) in [5.74, 6) is 0.242. The minimum absolute atomic E-state index is 0.242. The number of aromatic nitrogens is 1. The Morgan fingerprint density at radius 3 is 2.40 bits per heavy atom. The molecule has 3 N–H and O–H groups in total. The van der Waals surface area contributed by atoms with Crippen molar-refractivity contribution in [2.24, 2.45) is 5.73 Å². The Labute approximate surface area is 119 Å². The lowest BCUT2D eigenvalue weighted by Gasteiger charge is -2.16. The van der Waals surface area contributed by atoms with Gasteiger partial charge in [0, 0.05) is 29.1 Å². The van der Waals surface area contributed by atoms with Crippen molar-refractivity contribution in [1.82, 2.24) is 4.98 Å². The van der Waals surface area contributed by atoms with E-state index in [1.54, 1.807) is 0 Å². The van der Waals surface area contributed by atoms with Gasteiger partial charge in [-0.25, -0.2) is 0 Å². The smallest absolute Gasteiger partial charge is 0.0459 e. The summed E-state index contributed by atoms with van der Waals surface area (Å²) < 4.78 is 0. The van der Waals surface area contributed by atoms with E-state index >= 15 is 0 Å². The van der Waals surface area contributed by atoms with E-state index in [0.29, 0.717) is 6.54 Å². The number of H-pyrrole nitrogens is 1. The van der Waals surface area contributed by atoms with E-state index in [-0.39, 0.29) is 5.92 Å². The minimum atomic E-state index is 0.242. The van der Waals surface area contributed by atoms with Gasteiger partial charge in [0.1, 0.15) is 0 Å². The van der Waals surface area contributed by atoms with Crippen molar-refractivity contribution in [3.63, 3.8) is 0 Å². The van der Waals surface area contributed by atoms with Crippen LogP contribution in [0.15, 0.2) is 48.5 Å². The zero-order valence-corrected chi connectivity index (χ0v) is 12.0. The second kappa shape index (κ2) is 5.14. The molecule has 0 bridgehead atoms. The molecule has 1 atom stereocenters. The normalized spacial score (nSPS) is 12.8. The Hall–Kier alpha value is -2.06. The quantitative estimate of drug-likeness (QED) is 0.740. The summed E-state index contributed by atoms with van der Waals surface area (Å²) in [6.07, 6.45) is 0. The first-order valence-corrected chi connectivity index (χ1v) is 7.04. The molecular formula is C18H20N2. The molecule has 0 saturated carbocycles. The third-order valence-electron chi connectivity index (χ3n) is 4.01. The van der Waals surface area contributed by atoms with Crippen molar-refractivity contribution in [3.8, 4) is 0 Å². The molecule has 2 heteroatoms. The Morgan fingerprint density at radius 2 is 1.70 bits per heavy atom. The Morgan fingerprint density at radius 1 is 1.00 bits per heavy atom. The van der Waals surface area contributed by atoms with Crippen LogP contribution in [0.2, 0.25) is 0 Å². The Kier molecular flexibility index (Phi) is 3.33. The lowest BCUT2D eigenvalue weighted by atomic mass is 9.89. The first kappa shape index (κ1) is 12.9. The van der Waals surface area contributed by atoms with Gasteiger partial charge >= 0.3 is 0 Å². The largest absolute Gasteiger partial charge is 0.358 e. The Bertz CT molecular complexity index is 723. The van der Waals surface area contributed by atoms with Gasteiger partial charge in [-0.1, -0.05) is 48.0 Å². The van der Waals surface area contributed by atoms with Gasteiger partial charge in [-0.3, -0.25) is 0 Å². The number of para-hydroxylation sites is 1. The molecule has 2 aromatic carbocycles. The van der Waals surface area contributed by atoms with Crippen molar-refractivity contribution in [2.75, 3.05) is 6.54 Å². The highest BCUT2D eigenvalue weighted by atomic mass is 14.7. The molecule has 0 radical (unpaired) electrons. The molecule has 102 valence electrons. The van der Waals surface area contributed by atoms with E-state index in [0.717, 1.165) is 0 Å². The van der Waals surface area contributed by atoms with Gasteiger partial charge in [0.05, 0.1) is 0 Å². The molecule has 0 spiro atoms. The molecule has 2 nitrogen and oxygen atoms in total. The van der Waals surface area contributed by atoms with Crippen molar-refractivity contribution in [2.45, 2.75) is 19.8 Å². The summed E-state index contributed by atoms with van der Waals surface area (Å²) in [6.45, 7) is 4.86. The second-order valence-corrected chi connectivity index (χ2v) is 5.41. The molecule has 20 heavy (non-hydrogen) atoms. The molecule has 0 aliphatic carbocycles. The summed E-state index contributed by atoms with van der Waals surface area (Å²) in [6, 6.07) is 17.1. The third-order valence-corrected chi connectivity index (χ3v) is 4.01. The van der Waals surface area contributed by atoms with Crippen LogP contribution in [0.1, 0.15) is 28.3 Å². The maximum absolute atomic E-state index is 6.08. The van der Waals surface area contributed by atoms with Gasteiger partial charge < -0.3 is 10.7 Å². The van der Waals surface area contributed by atoms with E-state index in [4.69, 9.17) is 5.73 Å². The third kappa shape index (κ3) is 2.12. The van der Waals surface area contributed by atoms with E-state index in [2.05, 4.69) is 67.4 Å². The monoisotopic (exact) mass is 264 g/mol. The lowest BCUT2D eigenvalue weighted by Crippen LogP contribution is -2.14. The standard InChI is InChI=1S/C18H20N2/c1-12-7-9-14(10-8-12)16(11-19)18-13(2)20-17-6-4-3-5-15(17)18/h3-10,16,20H,11,19H2,1-2H3/t16-/m1/s1. The summed E-state index contributed by atoms with van der Waals surface area (Å²) in [5, 5.41) is 1.28. The number of nitrogens with two attached hydrogens (primary N) is 1. The molecule has 3 rings (SSSR count). The Balaban J connectivity index is 2.16. The van der Waals surface area contributed by atoms with E-state index < -0.39 is 0 Å². The van der Waals surface area contributed by atoms with E-state index in [1.165, 1.54) is 33.3 Å². The minimum Gasteiger partial charge on any atom is -0.358 e. The number of rotatable bonds is 3. The molecule has 1 heterocycles. The van der Waals surface area contributed by atoms with Gasteiger partial charge in [0.15, 0.2) is 0 Å². The molecule has 3 aromatic rings. The van der Waals surface area contributed by atoms with Gasteiger partial charge in [0.2, 0.25) is 0 Å². The van der Waals surface area contributed by atoms with Crippen molar-refractivity contribution >= 4 is 10.9 Å². The van der Waals surface area contributed by atoms with Crippen LogP contribution in [0, 0.1) is 13.8 Å². The highest BCUT2D eigenvalue weighted by Gasteiger charge is 2.19. The van der Waals surface area contributed by atoms with Gasteiger partial charge in [-0.2, -0.15) is 0 Å². The van der Waals surface area contributed by atoms with Crippen molar-refractivity contribution < 1.29 is 0 Å². The first-order valence-electron chi connectivity index (χ1n) is 7.04. The molecule has 0 aliphatic rings. The maximum atomic E-state index is 6.08. The average molecular weight is 264 g/mol. The van der Waals surface area contributed by atoms with Crippen LogP contribution in [0.4, 0.5) is 0 Å². The molecule has 1 aromatic heterocycles. The van der Waals surface area contributed by atoms with E-state index in [1.807, 2.05) is 0 Å².